The van der Waals surface area contributed by atoms with Gasteiger partial charge in [-0.2, -0.15) is 0 Å². The Morgan fingerprint density at radius 2 is 1.68 bits per heavy atom. The maximum atomic E-state index is 12.4. The lowest BCUT2D eigenvalue weighted by Gasteiger charge is -2.13. The standard InChI is InChI=1S/C18H17ClN2O4/c1-10(25-18(24)13-5-8-15(19)16(20)9-13)17(23)12-3-6-14(7-4-12)21-11(2)22/h3-10H,20H2,1-2H3,(H,21,22). The first-order valence-corrected chi connectivity index (χ1v) is 7.83. The van der Waals surface area contributed by atoms with Crippen molar-refractivity contribution in [3.05, 3.63) is 58.6 Å². The number of hydrogen-bond donors (Lipinski definition) is 2. The van der Waals surface area contributed by atoms with Gasteiger partial charge in [-0.3, -0.25) is 9.59 Å². The van der Waals surface area contributed by atoms with Crippen LogP contribution in [0.25, 0.3) is 0 Å². The van der Waals surface area contributed by atoms with Crippen molar-refractivity contribution in [2.45, 2.75) is 20.0 Å². The molecule has 1 atom stereocenters. The van der Waals surface area contributed by atoms with Crippen LogP contribution in [0.15, 0.2) is 42.5 Å². The Bertz CT molecular complexity index is 818. The van der Waals surface area contributed by atoms with Crippen molar-refractivity contribution in [3.8, 4) is 0 Å². The number of benzene rings is 2. The molecule has 0 radical (unpaired) electrons. The van der Waals surface area contributed by atoms with Gasteiger partial charge in [0, 0.05) is 18.2 Å². The van der Waals surface area contributed by atoms with Crippen molar-refractivity contribution in [3.63, 3.8) is 0 Å². The molecule has 0 spiro atoms. The molecule has 0 saturated heterocycles. The van der Waals surface area contributed by atoms with Crippen LogP contribution in [0.5, 0.6) is 0 Å². The molecule has 0 aliphatic carbocycles. The zero-order chi connectivity index (χ0) is 18.6. The first-order valence-electron chi connectivity index (χ1n) is 7.46. The highest BCUT2D eigenvalue weighted by Crippen LogP contribution is 2.20. The van der Waals surface area contributed by atoms with Crippen molar-refractivity contribution in [2.24, 2.45) is 0 Å². The summed E-state index contributed by atoms with van der Waals surface area (Å²) in [7, 11) is 0. The maximum absolute atomic E-state index is 12.4. The molecule has 3 N–H and O–H groups in total. The normalized spacial score (nSPS) is 11.5. The van der Waals surface area contributed by atoms with Crippen LogP contribution in [0.3, 0.4) is 0 Å². The van der Waals surface area contributed by atoms with Crippen LogP contribution in [0, 0.1) is 0 Å². The fraction of sp³-hybridized carbons (Fsp3) is 0.167. The van der Waals surface area contributed by atoms with Crippen LogP contribution >= 0.6 is 11.6 Å². The molecule has 2 aromatic rings. The van der Waals surface area contributed by atoms with Crippen LogP contribution in [0.1, 0.15) is 34.6 Å². The van der Waals surface area contributed by atoms with Gasteiger partial charge in [0.05, 0.1) is 16.3 Å². The third-order valence-corrected chi connectivity index (χ3v) is 3.72. The van der Waals surface area contributed by atoms with Gasteiger partial charge in [-0.25, -0.2) is 4.79 Å². The number of rotatable bonds is 5. The Morgan fingerprint density at radius 3 is 2.24 bits per heavy atom. The zero-order valence-corrected chi connectivity index (χ0v) is 14.5. The minimum atomic E-state index is -0.976. The number of nitrogens with two attached hydrogens (primary N) is 1. The molecule has 2 aromatic carbocycles. The van der Waals surface area contributed by atoms with Crippen LogP contribution in [0.2, 0.25) is 5.02 Å². The highest BCUT2D eigenvalue weighted by Gasteiger charge is 2.20. The van der Waals surface area contributed by atoms with Gasteiger partial charge in [0.25, 0.3) is 0 Å². The van der Waals surface area contributed by atoms with E-state index in [1.165, 1.54) is 32.0 Å². The fourth-order valence-electron chi connectivity index (χ4n) is 2.11. The van der Waals surface area contributed by atoms with Crippen molar-refractivity contribution in [2.75, 3.05) is 11.1 Å². The van der Waals surface area contributed by atoms with E-state index in [1.54, 1.807) is 24.3 Å². The number of nitrogen functional groups attached to an aromatic ring is 1. The average Bonchev–Trinajstić information content (AvgIpc) is 2.56. The summed E-state index contributed by atoms with van der Waals surface area (Å²) in [4.78, 5) is 35.5. The number of halogens is 1. The van der Waals surface area contributed by atoms with Gasteiger partial charge in [-0.15, -0.1) is 0 Å². The summed E-state index contributed by atoms with van der Waals surface area (Å²) >= 11 is 5.81. The first-order chi connectivity index (χ1) is 11.8. The predicted molar refractivity (Wildman–Crippen MR) is 95.8 cm³/mol. The highest BCUT2D eigenvalue weighted by atomic mass is 35.5. The lowest BCUT2D eigenvalue weighted by Crippen LogP contribution is -2.24. The Kier molecular flexibility index (Phi) is 5.77. The third-order valence-electron chi connectivity index (χ3n) is 3.37. The molecule has 1 unspecified atom stereocenters. The summed E-state index contributed by atoms with van der Waals surface area (Å²) in [6.45, 7) is 2.88. The maximum Gasteiger partial charge on any atom is 0.338 e. The Morgan fingerprint density at radius 1 is 1.08 bits per heavy atom. The second-order valence-electron chi connectivity index (χ2n) is 5.41. The first kappa shape index (κ1) is 18.5. The molecule has 25 heavy (non-hydrogen) atoms. The second-order valence-corrected chi connectivity index (χ2v) is 5.81. The lowest BCUT2D eigenvalue weighted by atomic mass is 10.1. The van der Waals surface area contributed by atoms with E-state index in [-0.39, 0.29) is 22.9 Å². The van der Waals surface area contributed by atoms with Gasteiger partial charge in [0.1, 0.15) is 0 Å². The molecule has 2 rings (SSSR count). The Balaban J connectivity index is 2.05. The van der Waals surface area contributed by atoms with Crippen LogP contribution in [-0.4, -0.2) is 23.8 Å². The van der Waals surface area contributed by atoms with Crippen molar-refractivity contribution < 1.29 is 19.1 Å². The largest absolute Gasteiger partial charge is 0.451 e. The van der Waals surface area contributed by atoms with E-state index in [4.69, 9.17) is 22.1 Å². The monoisotopic (exact) mass is 360 g/mol. The summed E-state index contributed by atoms with van der Waals surface area (Å²) in [6.07, 6.45) is -0.976. The van der Waals surface area contributed by atoms with E-state index >= 15 is 0 Å². The summed E-state index contributed by atoms with van der Waals surface area (Å²) in [6, 6.07) is 10.7. The third kappa shape index (κ3) is 4.81. The van der Waals surface area contributed by atoms with Crippen LogP contribution in [-0.2, 0) is 9.53 Å². The smallest absolute Gasteiger partial charge is 0.338 e. The van der Waals surface area contributed by atoms with Crippen LogP contribution < -0.4 is 11.1 Å². The summed E-state index contributed by atoms with van der Waals surface area (Å²) < 4.78 is 5.19. The number of amides is 1. The molecule has 0 heterocycles. The molecular formula is C18H17ClN2O4. The number of ketones is 1. The molecule has 1 amide bonds. The minimum absolute atomic E-state index is 0.205. The van der Waals surface area contributed by atoms with Crippen molar-refractivity contribution in [1.29, 1.82) is 0 Å². The molecule has 0 aliphatic rings. The predicted octanol–water partition coefficient (Wildman–Crippen LogP) is 3.31. The van der Waals surface area contributed by atoms with Crippen molar-refractivity contribution in [1.82, 2.24) is 0 Å². The molecule has 7 heteroatoms. The zero-order valence-electron chi connectivity index (χ0n) is 13.7. The quantitative estimate of drug-likeness (QED) is 0.484. The second kappa shape index (κ2) is 7.81. The number of nitrogens with one attached hydrogen (secondary N) is 1. The van der Waals surface area contributed by atoms with Gasteiger partial charge in [0.15, 0.2) is 6.10 Å². The number of hydrogen-bond acceptors (Lipinski definition) is 5. The van der Waals surface area contributed by atoms with E-state index in [1.807, 2.05) is 0 Å². The minimum Gasteiger partial charge on any atom is -0.451 e. The van der Waals surface area contributed by atoms with Gasteiger partial charge < -0.3 is 15.8 Å². The summed E-state index contributed by atoms with van der Waals surface area (Å²) in [5.41, 5.74) is 7.06. The SMILES string of the molecule is CC(=O)Nc1ccc(C(=O)C(C)OC(=O)c2ccc(Cl)c(N)c2)cc1. The molecular weight excluding hydrogens is 344 g/mol. The fourth-order valence-corrected chi connectivity index (χ4v) is 2.23. The molecule has 0 fully saturated rings. The molecule has 130 valence electrons. The van der Waals surface area contributed by atoms with Gasteiger partial charge in [-0.05, 0) is 49.4 Å². The van der Waals surface area contributed by atoms with E-state index in [0.29, 0.717) is 16.3 Å². The van der Waals surface area contributed by atoms with Crippen LogP contribution in [0.4, 0.5) is 11.4 Å². The van der Waals surface area contributed by atoms with Gasteiger partial charge in [-0.1, -0.05) is 11.6 Å². The summed E-state index contributed by atoms with van der Waals surface area (Å²) in [5, 5.41) is 2.94. The van der Waals surface area contributed by atoms with E-state index < -0.39 is 12.1 Å². The molecule has 6 nitrogen and oxygen atoms in total. The topological polar surface area (TPSA) is 98.5 Å². The molecule has 0 aliphatic heterocycles. The summed E-state index contributed by atoms with van der Waals surface area (Å²) in [5.74, 6) is -1.23. The number of Topliss-reactive ketones (excluding diaryl/α,β-unsaturated/α-hetero) is 1. The van der Waals surface area contributed by atoms with Crippen molar-refractivity contribution >= 4 is 40.6 Å². The van der Waals surface area contributed by atoms with E-state index in [2.05, 4.69) is 5.32 Å². The number of esters is 1. The van der Waals surface area contributed by atoms with E-state index in [9.17, 15) is 14.4 Å². The highest BCUT2D eigenvalue weighted by molar-refractivity contribution is 6.33. The molecule has 0 bridgehead atoms. The van der Waals surface area contributed by atoms with Gasteiger partial charge >= 0.3 is 5.97 Å². The number of carbonyl (C=O) groups excluding carboxylic acids is 3. The van der Waals surface area contributed by atoms with Gasteiger partial charge in [0.2, 0.25) is 11.7 Å². The number of carbonyl (C=O) groups is 3. The van der Waals surface area contributed by atoms with E-state index in [0.717, 1.165) is 0 Å². The average molecular weight is 361 g/mol. The number of anilines is 2. The lowest BCUT2D eigenvalue weighted by molar-refractivity contribution is -0.114. The molecule has 0 saturated carbocycles. The number of ether oxygens (including phenoxy) is 1. The Hall–Kier alpha value is -2.86. The Labute approximate surface area is 149 Å². The molecule has 0 aromatic heterocycles.